The van der Waals surface area contributed by atoms with E-state index in [4.69, 9.17) is 0 Å². The molecular formula is C18H32N6O. The highest BCUT2D eigenvalue weighted by molar-refractivity contribution is 5.93. The summed E-state index contributed by atoms with van der Waals surface area (Å²) in [7, 11) is 0. The molecule has 7 nitrogen and oxygen atoms in total. The van der Waals surface area contributed by atoms with Crippen molar-refractivity contribution in [3.8, 4) is 0 Å². The van der Waals surface area contributed by atoms with E-state index in [-0.39, 0.29) is 12.5 Å². The Balaban J connectivity index is 2.49. The lowest BCUT2D eigenvalue weighted by atomic mass is 10.2. The maximum absolute atomic E-state index is 12.0. The van der Waals surface area contributed by atoms with Crippen LogP contribution in [0.15, 0.2) is 29.5 Å². The number of hydrogen-bond donors (Lipinski definition) is 3. The molecule has 140 valence electrons. The molecule has 0 aromatic carbocycles. The quantitative estimate of drug-likeness (QED) is 0.467. The molecule has 3 N–H and O–H groups in total. The van der Waals surface area contributed by atoms with Crippen molar-refractivity contribution in [3.63, 3.8) is 0 Å². The molecule has 1 rings (SSSR count). The molecule has 0 unspecified atom stereocenters. The number of carbonyl (C=O) groups excluding carboxylic acids is 1. The molecule has 0 saturated carbocycles. The van der Waals surface area contributed by atoms with Crippen molar-refractivity contribution in [2.75, 3.05) is 31.5 Å². The zero-order valence-electron chi connectivity index (χ0n) is 16.0. The predicted octanol–water partition coefficient (Wildman–Crippen LogP) is 1.69. The minimum atomic E-state index is -0.170. The van der Waals surface area contributed by atoms with Gasteiger partial charge in [0.2, 0.25) is 5.91 Å². The number of aromatic nitrogens is 1. The van der Waals surface area contributed by atoms with Crippen molar-refractivity contribution < 1.29 is 4.79 Å². The summed E-state index contributed by atoms with van der Waals surface area (Å²) in [6.45, 7) is 13.3. The van der Waals surface area contributed by atoms with E-state index in [1.807, 2.05) is 6.92 Å². The number of rotatable bonds is 9. The van der Waals surface area contributed by atoms with Crippen LogP contribution in [0.4, 0.5) is 5.69 Å². The minimum absolute atomic E-state index is 0.0578. The Bertz CT molecular complexity index is 522. The van der Waals surface area contributed by atoms with Gasteiger partial charge < -0.3 is 16.0 Å². The number of amides is 1. The van der Waals surface area contributed by atoms with Crippen LogP contribution in [-0.4, -0.2) is 60.0 Å². The van der Waals surface area contributed by atoms with Crippen LogP contribution >= 0.6 is 0 Å². The summed E-state index contributed by atoms with van der Waals surface area (Å²) in [5.74, 6) is 0.479. The van der Waals surface area contributed by atoms with Gasteiger partial charge in [-0.3, -0.25) is 14.7 Å². The molecule has 0 atom stereocenters. The third-order valence-corrected chi connectivity index (χ3v) is 3.66. The van der Waals surface area contributed by atoms with Crippen molar-refractivity contribution in [2.24, 2.45) is 4.99 Å². The number of carbonyl (C=O) groups is 1. The van der Waals surface area contributed by atoms with E-state index in [1.54, 1.807) is 24.5 Å². The Morgan fingerprint density at radius 1 is 1.24 bits per heavy atom. The van der Waals surface area contributed by atoms with Crippen LogP contribution in [0.1, 0.15) is 34.6 Å². The van der Waals surface area contributed by atoms with Gasteiger partial charge in [-0.05, 0) is 46.8 Å². The van der Waals surface area contributed by atoms with Crippen LogP contribution < -0.4 is 16.0 Å². The second-order valence-corrected chi connectivity index (χ2v) is 6.34. The van der Waals surface area contributed by atoms with Gasteiger partial charge in [0.1, 0.15) is 6.54 Å². The molecule has 1 aromatic heterocycles. The smallest absolute Gasteiger partial charge is 0.246 e. The van der Waals surface area contributed by atoms with Crippen LogP contribution in [0.2, 0.25) is 0 Å². The second-order valence-electron chi connectivity index (χ2n) is 6.34. The molecule has 0 bridgehead atoms. The second kappa shape index (κ2) is 11.4. The van der Waals surface area contributed by atoms with Gasteiger partial charge in [-0.15, -0.1) is 0 Å². The lowest BCUT2D eigenvalue weighted by Gasteiger charge is -2.30. The van der Waals surface area contributed by atoms with Crippen molar-refractivity contribution >= 4 is 17.6 Å². The number of hydrogen-bond acceptors (Lipinski definition) is 4. The Hall–Kier alpha value is -2.15. The lowest BCUT2D eigenvalue weighted by molar-refractivity contribution is -0.114. The maximum Gasteiger partial charge on any atom is 0.246 e. The summed E-state index contributed by atoms with van der Waals surface area (Å²) in [5.41, 5.74) is 0.671. The Labute approximate surface area is 151 Å². The van der Waals surface area contributed by atoms with Crippen LogP contribution in [0.5, 0.6) is 0 Å². The first kappa shape index (κ1) is 20.9. The molecule has 7 heteroatoms. The normalized spacial score (nSPS) is 11.9. The highest BCUT2D eigenvalue weighted by Crippen LogP contribution is 2.03. The van der Waals surface area contributed by atoms with Crippen LogP contribution in [0.3, 0.4) is 0 Å². The number of guanidine groups is 1. The standard InChI is InChI=1S/C18H32N6O/c1-6-20-18(21-10-11-24(14(2)3)15(4)5)22-13-17(25)23-16-8-7-9-19-12-16/h7-9,12,14-15H,6,10-11,13H2,1-5H3,(H,23,25)(H2,20,21,22). The maximum atomic E-state index is 12.0. The van der Waals surface area contributed by atoms with Gasteiger partial charge in [-0.1, -0.05) is 0 Å². The highest BCUT2D eigenvalue weighted by atomic mass is 16.1. The van der Waals surface area contributed by atoms with E-state index < -0.39 is 0 Å². The average molecular weight is 348 g/mol. The number of nitrogens with zero attached hydrogens (tertiary/aromatic N) is 3. The fourth-order valence-corrected chi connectivity index (χ4v) is 2.55. The number of aliphatic imine (C=N–C) groups is 1. The first-order valence-corrected chi connectivity index (χ1v) is 8.91. The predicted molar refractivity (Wildman–Crippen MR) is 104 cm³/mol. The number of nitrogens with one attached hydrogen (secondary N) is 3. The molecule has 1 heterocycles. The lowest BCUT2D eigenvalue weighted by Crippen LogP contribution is -2.45. The molecule has 0 aliphatic heterocycles. The monoisotopic (exact) mass is 348 g/mol. The Kier molecular flexibility index (Phi) is 9.54. The largest absolute Gasteiger partial charge is 0.357 e. The third-order valence-electron chi connectivity index (χ3n) is 3.66. The summed E-state index contributed by atoms with van der Waals surface area (Å²) in [6.07, 6.45) is 3.27. The van der Waals surface area contributed by atoms with Crippen LogP contribution in [0, 0.1) is 0 Å². The third kappa shape index (κ3) is 8.49. The number of anilines is 1. The molecule has 0 fully saturated rings. The topological polar surface area (TPSA) is 81.6 Å². The number of pyridine rings is 1. The molecule has 25 heavy (non-hydrogen) atoms. The van der Waals surface area contributed by atoms with E-state index in [0.29, 0.717) is 23.7 Å². The SMILES string of the molecule is CCNC(=NCC(=O)Nc1cccnc1)NCCN(C(C)C)C(C)C. The summed E-state index contributed by atoms with van der Waals surface area (Å²) >= 11 is 0. The summed E-state index contributed by atoms with van der Waals surface area (Å²) < 4.78 is 0. The molecule has 0 radical (unpaired) electrons. The fraction of sp³-hybridized carbons (Fsp3) is 0.611. The molecule has 0 saturated heterocycles. The van der Waals surface area contributed by atoms with Gasteiger partial charge in [-0.2, -0.15) is 0 Å². The molecule has 0 spiro atoms. The van der Waals surface area contributed by atoms with Gasteiger partial charge >= 0.3 is 0 Å². The average Bonchev–Trinajstić information content (AvgIpc) is 2.56. The highest BCUT2D eigenvalue weighted by Gasteiger charge is 2.12. The Morgan fingerprint density at radius 2 is 1.96 bits per heavy atom. The van der Waals surface area contributed by atoms with Gasteiger partial charge in [0.25, 0.3) is 0 Å². The van der Waals surface area contributed by atoms with E-state index in [0.717, 1.165) is 19.6 Å². The van der Waals surface area contributed by atoms with Gasteiger partial charge in [0, 0.05) is 37.9 Å². The van der Waals surface area contributed by atoms with Crippen molar-refractivity contribution in [1.29, 1.82) is 0 Å². The van der Waals surface area contributed by atoms with E-state index in [2.05, 4.69) is 58.5 Å². The fourth-order valence-electron chi connectivity index (χ4n) is 2.55. The van der Waals surface area contributed by atoms with Crippen molar-refractivity contribution in [1.82, 2.24) is 20.5 Å². The van der Waals surface area contributed by atoms with Crippen LogP contribution in [-0.2, 0) is 4.79 Å². The van der Waals surface area contributed by atoms with E-state index in [1.165, 1.54) is 0 Å². The summed E-state index contributed by atoms with van der Waals surface area (Å²) in [5, 5.41) is 9.22. The van der Waals surface area contributed by atoms with Gasteiger partial charge in [0.05, 0.1) is 11.9 Å². The van der Waals surface area contributed by atoms with Crippen molar-refractivity contribution in [2.45, 2.75) is 46.7 Å². The zero-order chi connectivity index (χ0) is 18.7. The molecule has 0 aliphatic carbocycles. The summed E-state index contributed by atoms with van der Waals surface area (Å²) in [4.78, 5) is 22.7. The molecule has 1 aromatic rings. The van der Waals surface area contributed by atoms with E-state index in [9.17, 15) is 4.79 Å². The first-order chi connectivity index (χ1) is 11.9. The summed E-state index contributed by atoms with van der Waals surface area (Å²) in [6, 6.07) is 4.56. The van der Waals surface area contributed by atoms with E-state index >= 15 is 0 Å². The van der Waals surface area contributed by atoms with Gasteiger partial charge in [0.15, 0.2) is 5.96 Å². The zero-order valence-corrected chi connectivity index (χ0v) is 16.0. The van der Waals surface area contributed by atoms with Gasteiger partial charge in [-0.25, -0.2) is 4.99 Å². The molecular weight excluding hydrogens is 316 g/mol. The minimum Gasteiger partial charge on any atom is -0.357 e. The Morgan fingerprint density at radius 3 is 2.52 bits per heavy atom. The van der Waals surface area contributed by atoms with Crippen molar-refractivity contribution in [3.05, 3.63) is 24.5 Å². The molecule has 0 aliphatic rings. The van der Waals surface area contributed by atoms with Crippen LogP contribution in [0.25, 0.3) is 0 Å². The first-order valence-electron chi connectivity index (χ1n) is 8.91. The molecule has 1 amide bonds.